The normalized spacial score (nSPS) is 16.7. The molecule has 19 heavy (non-hydrogen) atoms. The molecule has 1 aliphatic heterocycles. The molecule has 0 bridgehead atoms. The summed E-state index contributed by atoms with van der Waals surface area (Å²) in [5.74, 6) is 0.672. The molecule has 2 rings (SSSR count). The van der Waals surface area contributed by atoms with Gasteiger partial charge in [0.25, 0.3) is 0 Å². The predicted octanol–water partition coefficient (Wildman–Crippen LogP) is 3.07. The Bertz CT molecular complexity index is 468. The van der Waals surface area contributed by atoms with E-state index in [0.717, 1.165) is 24.1 Å². The van der Waals surface area contributed by atoms with E-state index in [2.05, 4.69) is 19.9 Å². The molecule has 0 spiro atoms. The number of carbonyl (C=O) groups is 1. The highest BCUT2D eigenvalue weighted by atomic mass is 16.3. The van der Waals surface area contributed by atoms with Crippen LogP contribution in [0, 0.1) is 5.92 Å². The molecular formula is C16H23NO2. The molecule has 0 fully saturated rings. The molecule has 0 saturated heterocycles. The number of aliphatic hydroxyl groups is 1. The van der Waals surface area contributed by atoms with Gasteiger partial charge in [0.15, 0.2) is 0 Å². The molecule has 1 aliphatic rings. The second-order valence-corrected chi connectivity index (χ2v) is 5.67. The molecule has 3 heteroatoms. The van der Waals surface area contributed by atoms with E-state index >= 15 is 0 Å². The van der Waals surface area contributed by atoms with E-state index in [-0.39, 0.29) is 5.91 Å². The number of carbonyl (C=O) groups excluding carboxylic acids is 1. The molecule has 1 unspecified atom stereocenters. The number of amides is 1. The largest absolute Gasteiger partial charge is 0.388 e. The monoisotopic (exact) mass is 261 g/mol. The van der Waals surface area contributed by atoms with Crippen LogP contribution in [0.4, 0.5) is 5.69 Å². The lowest BCUT2D eigenvalue weighted by Crippen LogP contribution is -2.34. The van der Waals surface area contributed by atoms with Crippen molar-refractivity contribution in [1.29, 1.82) is 0 Å². The summed E-state index contributed by atoms with van der Waals surface area (Å²) in [5.41, 5.74) is 3.17. The first-order valence-electron chi connectivity index (χ1n) is 7.14. The molecule has 0 aliphatic carbocycles. The number of aryl methyl sites for hydroxylation is 1. The second kappa shape index (κ2) is 5.74. The lowest BCUT2D eigenvalue weighted by atomic mass is 9.94. The maximum Gasteiger partial charge on any atom is 0.227 e. The highest BCUT2D eigenvalue weighted by Gasteiger charge is 2.23. The van der Waals surface area contributed by atoms with Crippen molar-refractivity contribution in [3.63, 3.8) is 0 Å². The molecule has 0 radical (unpaired) electrons. The van der Waals surface area contributed by atoms with E-state index in [1.165, 1.54) is 5.56 Å². The van der Waals surface area contributed by atoms with Crippen LogP contribution in [-0.2, 0) is 11.2 Å². The first kappa shape index (κ1) is 14.1. The highest BCUT2D eigenvalue weighted by molar-refractivity contribution is 5.96. The third-order valence-electron chi connectivity index (χ3n) is 3.70. The van der Waals surface area contributed by atoms with Crippen LogP contribution in [0.1, 0.15) is 50.8 Å². The molecular weight excluding hydrogens is 238 g/mol. The van der Waals surface area contributed by atoms with Crippen LogP contribution in [0.2, 0.25) is 0 Å². The van der Waals surface area contributed by atoms with Crippen LogP contribution < -0.4 is 4.90 Å². The number of benzene rings is 1. The summed E-state index contributed by atoms with van der Waals surface area (Å²) in [6, 6.07) is 6.00. The van der Waals surface area contributed by atoms with Crippen LogP contribution in [0.15, 0.2) is 18.2 Å². The topological polar surface area (TPSA) is 40.5 Å². The minimum Gasteiger partial charge on any atom is -0.388 e. The number of rotatable bonds is 4. The van der Waals surface area contributed by atoms with Crippen molar-refractivity contribution in [3.05, 3.63) is 29.3 Å². The summed E-state index contributed by atoms with van der Waals surface area (Å²) in [5, 5.41) is 10.2. The maximum atomic E-state index is 11.8. The highest BCUT2D eigenvalue weighted by Crippen LogP contribution is 2.31. The Labute approximate surface area is 115 Å². The van der Waals surface area contributed by atoms with Gasteiger partial charge in [-0.2, -0.15) is 0 Å². The number of hydrogen-bond acceptors (Lipinski definition) is 2. The second-order valence-electron chi connectivity index (χ2n) is 5.67. The van der Waals surface area contributed by atoms with E-state index in [9.17, 15) is 9.90 Å². The quantitative estimate of drug-likeness (QED) is 0.905. The third-order valence-corrected chi connectivity index (χ3v) is 3.70. The molecule has 1 amide bonds. The molecule has 104 valence electrons. The lowest BCUT2D eigenvalue weighted by molar-refractivity contribution is -0.118. The minimum atomic E-state index is -0.405. The van der Waals surface area contributed by atoms with Gasteiger partial charge in [-0.15, -0.1) is 0 Å². The summed E-state index contributed by atoms with van der Waals surface area (Å²) in [6.45, 7) is 6.92. The molecule has 1 atom stereocenters. The molecule has 1 heterocycles. The van der Waals surface area contributed by atoms with E-state index in [4.69, 9.17) is 0 Å². The Morgan fingerprint density at radius 2 is 2.05 bits per heavy atom. The number of nitrogens with zero attached hydrogens (tertiary/aromatic N) is 1. The lowest BCUT2D eigenvalue weighted by Gasteiger charge is -2.29. The Kier molecular flexibility index (Phi) is 4.25. The van der Waals surface area contributed by atoms with Gasteiger partial charge >= 0.3 is 0 Å². The Morgan fingerprint density at radius 3 is 2.68 bits per heavy atom. The SMILES string of the molecule is CCN1C(=O)CCc2cc(C(O)CC(C)C)ccc21. The Hall–Kier alpha value is -1.35. The average Bonchev–Trinajstić information content (AvgIpc) is 2.37. The third kappa shape index (κ3) is 2.98. The van der Waals surface area contributed by atoms with E-state index in [1.54, 1.807) is 0 Å². The molecule has 0 saturated carbocycles. The van der Waals surface area contributed by atoms with Crippen molar-refractivity contribution >= 4 is 11.6 Å². The zero-order valence-corrected chi connectivity index (χ0v) is 12.0. The molecule has 1 N–H and O–H groups in total. The standard InChI is InChI=1S/C16H23NO2/c1-4-17-14-7-5-13(15(18)9-11(2)3)10-12(14)6-8-16(17)19/h5,7,10-11,15,18H,4,6,8-9H2,1-3H3. The molecule has 1 aromatic carbocycles. The molecule has 1 aromatic rings. The van der Waals surface area contributed by atoms with Gasteiger partial charge in [-0.3, -0.25) is 4.79 Å². The number of aliphatic hydroxyl groups excluding tert-OH is 1. The van der Waals surface area contributed by atoms with Gasteiger partial charge in [-0.05, 0) is 42.9 Å². The van der Waals surface area contributed by atoms with Crippen molar-refractivity contribution in [3.8, 4) is 0 Å². The van der Waals surface area contributed by atoms with Gasteiger partial charge in [0, 0.05) is 18.7 Å². The van der Waals surface area contributed by atoms with Gasteiger partial charge in [-0.1, -0.05) is 26.0 Å². The van der Waals surface area contributed by atoms with Gasteiger partial charge in [-0.25, -0.2) is 0 Å². The average molecular weight is 261 g/mol. The summed E-state index contributed by atoms with van der Waals surface area (Å²) < 4.78 is 0. The van der Waals surface area contributed by atoms with Crippen molar-refractivity contribution in [2.75, 3.05) is 11.4 Å². The van der Waals surface area contributed by atoms with E-state index in [0.29, 0.717) is 18.9 Å². The first-order chi connectivity index (χ1) is 9.02. The van der Waals surface area contributed by atoms with Crippen LogP contribution >= 0.6 is 0 Å². The minimum absolute atomic E-state index is 0.200. The van der Waals surface area contributed by atoms with Gasteiger partial charge < -0.3 is 10.0 Å². The molecule has 0 aromatic heterocycles. The van der Waals surface area contributed by atoms with Crippen molar-refractivity contribution in [2.45, 2.75) is 46.1 Å². The first-order valence-corrected chi connectivity index (χ1v) is 7.14. The summed E-state index contributed by atoms with van der Waals surface area (Å²) in [6.07, 6.45) is 1.73. The summed E-state index contributed by atoms with van der Waals surface area (Å²) in [4.78, 5) is 13.7. The van der Waals surface area contributed by atoms with Crippen LogP contribution in [0.25, 0.3) is 0 Å². The fourth-order valence-corrected chi connectivity index (χ4v) is 2.72. The Balaban J connectivity index is 2.27. The van der Waals surface area contributed by atoms with Crippen LogP contribution in [-0.4, -0.2) is 17.6 Å². The fraction of sp³-hybridized carbons (Fsp3) is 0.562. The van der Waals surface area contributed by atoms with Gasteiger partial charge in [0.1, 0.15) is 0 Å². The zero-order valence-electron chi connectivity index (χ0n) is 12.0. The number of anilines is 1. The van der Waals surface area contributed by atoms with Gasteiger partial charge in [0.2, 0.25) is 5.91 Å². The summed E-state index contributed by atoms with van der Waals surface area (Å²) >= 11 is 0. The Morgan fingerprint density at radius 1 is 1.32 bits per heavy atom. The summed E-state index contributed by atoms with van der Waals surface area (Å²) in [7, 11) is 0. The van der Waals surface area contributed by atoms with Crippen molar-refractivity contribution in [1.82, 2.24) is 0 Å². The number of fused-ring (bicyclic) bond motifs is 1. The molecule has 3 nitrogen and oxygen atoms in total. The predicted molar refractivity (Wildman–Crippen MR) is 77.2 cm³/mol. The van der Waals surface area contributed by atoms with E-state index in [1.807, 2.05) is 24.0 Å². The van der Waals surface area contributed by atoms with E-state index < -0.39 is 6.10 Å². The maximum absolute atomic E-state index is 11.8. The van der Waals surface area contributed by atoms with Crippen molar-refractivity contribution in [2.24, 2.45) is 5.92 Å². The van der Waals surface area contributed by atoms with Crippen LogP contribution in [0.3, 0.4) is 0 Å². The fourth-order valence-electron chi connectivity index (χ4n) is 2.72. The zero-order chi connectivity index (χ0) is 14.0. The van der Waals surface area contributed by atoms with Gasteiger partial charge in [0.05, 0.1) is 6.10 Å². The smallest absolute Gasteiger partial charge is 0.227 e. The van der Waals surface area contributed by atoms with Crippen LogP contribution in [0.5, 0.6) is 0 Å². The number of hydrogen-bond donors (Lipinski definition) is 1. The van der Waals surface area contributed by atoms with Crippen molar-refractivity contribution < 1.29 is 9.90 Å².